The Kier molecular flexibility index (Phi) is 8.60. The van der Waals surface area contributed by atoms with Crippen molar-refractivity contribution in [1.29, 1.82) is 0 Å². The number of benzene rings is 3. The third kappa shape index (κ3) is 5.84. The zero-order valence-corrected chi connectivity index (χ0v) is 19.1. The minimum Gasteiger partial charge on any atom is -0.373 e. The summed E-state index contributed by atoms with van der Waals surface area (Å²) in [7, 11) is 0. The van der Waals surface area contributed by atoms with Crippen LogP contribution < -0.4 is 0 Å². The smallest absolute Gasteiger partial charge is 0.148 e. The molecule has 3 atom stereocenters. The minimum atomic E-state index is -1.17. The first-order chi connectivity index (χ1) is 15.4. The Morgan fingerprint density at radius 1 is 0.812 bits per heavy atom. The van der Waals surface area contributed by atoms with Crippen molar-refractivity contribution < 1.29 is 19.7 Å². The second kappa shape index (κ2) is 11.4. The van der Waals surface area contributed by atoms with E-state index in [1.54, 1.807) is 0 Å². The van der Waals surface area contributed by atoms with E-state index in [9.17, 15) is 0 Å². The van der Waals surface area contributed by atoms with Crippen molar-refractivity contribution >= 4 is 0 Å². The Balaban J connectivity index is 0.000000668. The maximum Gasteiger partial charge on any atom is 0.148 e. The molecule has 0 radical (unpaired) electrons. The molecule has 0 bridgehead atoms. The lowest BCUT2D eigenvalue weighted by molar-refractivity contribution is -0.0596. The lowest BCUT2D eigenvalue weighted by Crippen LogP contribution is -2.35. The molecule has 1 saturated heterocycles. The van der Waals surface area contributed by atoms with Gasteiger partial charge in [-0.2, -0.15) is 0 Å². The Bertz CT molecular complexity index is 803. The van der Waals surface area contributed by atoms with Crippen LogP contribution in [-0.4, -0.2) is 35.3 Å². The van der Waals surface area contributed by atoms with Gasteiger partial charge in [0.1, 0.15) is 11.9 Å². The molecule has 3 aromatic rings. The molecule has 2 N–H and O–H groups in total. The molecule has 4 heteroatoms. The lowest BCUT2D eigenvalue weighted by atomic mass is 9.80. The van der Waals surface area contributed by atoms with Crippen LogP contribution in [0.2, 0.25) is 0 Å². The molecule has 0 aromatic heterocycles. The maximum absolute atomic E-state index is 7.61. The van der Waals surface area contributed by atoms with E-state index in [1.807, 2.05) is 18.2 Å². The first-order valence-electron chi connectivity index (χ1n) is 11.3. The zero-order valence-electron chi connectivity index (χ0n) is 19.1. The van der Waals surface area contributed by atoms with Gasteiger partial charge in [-0.3, -0.25) is 0 Å². The number of ether oxygens (including phenoxy) is 2. The molecule has 1 aliphatic heterocycles. The second-order valence-corrected chi connectivity index (χ2v) is 8.40. The summed E-state index contributed by atoms with van der Waals surface area (Å²) in [5.41, 5.74) is 2.73. The lowest BCUT2D eigenvalue weighted by Gasteiger charge is -2.36. The molecule has 3 aromatic carbocycles. The van der Waals surface area contributed by atoms with Gasteiger partial charge in [-0.05, 0) is 42.9 Å². The van der Waals surface area contributed by atoms with E-state index in [0.29, 0.717) is 12.5 Å². The fourth-order valence-electron chi connectivity index (χ4n) is 4.19. The average Bonchev–Trinajstić information content (AvgIpc) is 3.13. The highest BCUT2D eigenvalue weighted by molar-refractivity contribution is 5.47. The predicted molar refractivity (Wildman–Crippen MR) is 127 cm³/mol. The highest BCUT2D eigenvalue weighted by Crippen LogP contribution is 2.41. The molecule has 170 valence electrons. The molecule has 0 amide bonds. The largest absolute Gasteiger partial charge is 0.373 e. The minimum absolute atomic E-state index is 0.125. The Labute approximate surface area is 191 Å². The summed E-state index contributed by atoms with van der Waals surface area (Å²) >= 11 is 0. The van der Waals surface area contributed by atoms with Crippen LogP contribution in [0.5, 0.6) is 0 Å². The highest BCUT2D eigenvalue weighted by atomic mass is 16.6. The van der Waals surface area contributed by atoms with Gasteiger partial charge >= 0.3 is 0 Å². The molecular formula is C28H34O4. The summed E-state index contributed by atoms with van der Waals surface area (Å²) in [6.07, 6.45) is 0.281. The predicted octanol–water partition coefficient (Wildman–Crippen LogP) is 5.13. The maximum atomic E-state index is 7.61. The van der Waals surface area contributed by atoms with E-state index in [2.05, 4.69) is 86.6 Å². The number of hydrogen-bond donors (Lipinski definition) is 2. The molecule has 0 spiro atoms. The normalized spacial score (nSPS) is 20.6. The Morgan fingerprint density at radius 2 is 1.19 bits per heavy atom. The third-order valence-electron chi connectivity index (χ3n) is 5.87. The third-order valence-corrected chi connectivity index (χ3v) is 5.87. The van der Waals surface area contributed by atoms with Crippen molar-refractivity contribution in [3.8, 4) is 0 Å². The molecule has 32 heavy (non-hydrogen) atoms. The number of rotatable bonds is 6. The second-order valence-electron chi connectivity index (χ2n) is 8.40. The highest BCUT2D eigenvalue weighted by Gasteiger charge is 2.39. The molecule has 0 saturated carbocycles. The van der Waals surface area contributed by atoms with Gasteiger partial charge in [0.25, 0.3) is 0 Å². The molecule has 1 aliphatic rings. The summed E-state index contributed by atoms with van der Waals surface area (Å²) in [4.78, 5) is 0. The molecule has 4 nitrogen and oxygen atoms in total. The molecule has 1 fully saturated rings. The summed E-state index contributed by atoms with van der Waals surface area (Å²) in [5, 5.41) is 15.2. The first-order valence-corrected chi connectivity index (χ1v) is 11.3. The van der Waals surface area contributed by atoms with Gasteiger partial charge in [-0.15, -0.1) is 0 Å². The van der Waals surface area contributed by atoms with Crippen molar-refractivity contribution in [1.82, 2.24) is 0 Å². The van der Waals surface area contributed by atoms with Crippen molar-refractivity contribution in [2.24, 2.45) is 5.92 Å². The van der Waals surface area contributed by atoms with Gasteiger partial charge in [0, 0.05) is 0 Å². The summed E-state index contributed by atoms with van der Waals surface area (Å²) in [6.45, 7) is 6.25. The molecule has 4 rings (SSSR count). The van der Waals surface area contributed by atoms with E-state index >= 15 is 0 Å². The van der Waals surface area contributed by atoms with Gasteiger partial charge in [-0.25, -0.2) is 0 Å². The topological polar surface area (TPSA) is 58.9 Å². The number of aliphatic hydroxyl groups is 2. The fourth-order valence-corrected chi connectivity index (χ4v) is 4.19. The van der Waals surface area contributed by atoms with Gasteiger partial charge < -0.3 is 19.7 Å². The SMILES string of the molecule is CC(O)O.CC1O[C@H](COC(c2ccccc2)(c2ccccc2)c2ccccc2)C[C@@H]1C. The number of hydrogen-bond acceptors (Lipinski definition) is 4. The quantitative estimate of drug-likeness (QED) is 0.417. The van der Waals surface area contributed by atoms with Crippen molar-refractivity contribution in [2.75, 3.05) is 6.61 Å². The van der Waals surface area contributed by atoms with Crippen LogP contribution in [0.25, 0.3) is 0 Å². The Morgan fingerprint density at radius 3 is 1.50 bits per heavy atom. The van der Waals surface area contributed by atoms with E-state index in [1.165, 1.54) is 6.92 Å². The van der Waals surface area contributed by atoms with Crippen molar-refractivity contribution in [3.05, 3.63) is 108 Å². The summed E-state index contributed by atoms with van der Waals surface area (Å²) in [5.74, 6) is 0.563. The van der Waals surface area contributed by atoms with E-state index in [-0.39, 0.29) is 12.2 Å². The first kappa shape index (κ1) is 24.1. The van der Waals surface area contributed by atoms with Crippen LogP contribution in [0.4, 0.5) is 0 Å². The van der Waals surface area contributed by atoms with E-state index in [0.717, 1.165) is 23.1 Å². The van der Waals surface area contributed by atoms with Crippen LogP contribution in [0, 0.1) is 5.92 Å². The van der Waals surface area contributed by atoms with E-state index < -0.39 is 11.9 Å². The fraction of sp³-hybridized carbons (Fsp3) is 0.357. The number of aliphatic hydroxyl groups excluding tert-OH is 1. The summed E-state index contributed by atoms with van der Waals surface area (Å²) in [6, 6.07) is 31.5. The monoisotopic (exact) mass is 434 g/mol. The van der Waals surface area contributed by atoms with Crippen molar-refractivity contribution in [3.63, 3.8) is 0 Å². The van der Waals surface area contributed by atoms with Crippen LogP contribution in [0.3, 0.4) is 0 Å². The van der Waals surface area contributed by atoms with Gasteiger partial charge in [0.15, 0.2) is 0 Å². The molecular weight excluding hydrogens is 400 g/mol. The summed E-state index contributed by atoms with van der Waals surface area (Å²) < 4.78 is 13.0. The van der Waals surface area contributed by atoms with Gasteiger partial charge in [0.2, 0.25) is 0 Å². The van der Waals surface area contributed by atoms with Crippen LogP contribution in [-0.2, 0) is 15.1 Å². The molecule has 1 heterocycles. The molecule has 1 unspecified atom stereocenters. The van der Waals surface area contributed by atoms with Crippen LogP contribution in [0.1, 0.15) is 43.9 Å². The average molecular weight is 435 g/mol. The van der Waals surface area contributed by atoms with Crippen molar-refractivity contribution in [2.45, 2.75) is 51.3 Å². The Hall–Kier alpha value is -2.50. The zero-order chi connectivity index (χ0) is 23.0. The van der Waals surface area contributed by atoms with Gasteiger partial charge in [0.05, 0.1) is 18.8 Å². The van der Waals surface area contributed by atoms with Gasteiger partial charge in [-0.1, -0.05) is 97.9 Å². The van der Waals surface area contributed by atoms with Crippen LogP contribution >= 0.6 is 0 Å². The standard InChI is InChI=1S/C26H28O2.C2H6O2/c1-20-18-25(28-21(20)2)19-27-26(22-12-6-3-7-13-22,23-14-8-4-9-15-23)24-16-10-5-11-17-24;1-2(3)4/h3-17,20-21,25H,18-19H2,1-2H3;2-4H,1H3/t20-,21?,25-;/m0./s1. The van der Waals surface area contributed by atoms with E-state index in [4.69, 9.17) is 19.7 Å². The van der Waals surface area contributed by atoms with Crippen LogP contribution in [0.15, 0.2) is 91.0 Å². The molecule has 0 aliphatic carbocycles.